The highest BCUT2D eigenvalue weighted by atomic mass is 127. The lowest BCUT2D eigenvalue weighted by Gasteiger charge is -2.20. The molecule has 1 spiro atoms. The molecule has 2 heterocycles. The molecule has 64 valence electrons. The van der Waals surface area contributed by atoms with Crippen LogP contribution in [0.2, 0.25) is 0 Å². The van der Waals surface area contributed by atoms with Gasteiger partial charge >= 0.3 is 0 Å². The van der Waals surface area contributed by atoms with Crippen LogP contribution in [0, 0.1) is 0 Å². The van der Waals surface area contributed by atoms with E-state index in [2.05, 4.69) is 27.9 Å². The van der Waals surface area contributed by atoms with Crippen LogP contribution in [0.25, 0.3) is 0 Å². The van der Waals surface area contributed by atoms with Crippen molar-refractivity contribution in [3.05, 3.63) is 0 Å². The van der Waals surface area contributed by atoms with E-state index < -0.39 is 0 Å². The summed E-state index contributed by atoms with van der Waals surface area (Å²) in [5, 5.41) is 3.57. The van der Waals surface area contributed by atoms with Gasteiger partial charge in [-0.25, -0.2) is 0 Å². The zero-order chi connectivity index (χ0) is 7.73. The van der Waals surface area contributed by atoms with Gasteiger partial charge in [0.1, 0.15) is 0 Å². The van der Waals surface area contributed by atoms with Crippen molar-refractivity contribution < 1.29 is 4.74 Å². The third-order valence-electron chi connectivity index (χ3n) is 2.72. The quantitative estimate of drug-likeness (QED) is 0.571. The smallest absolute Gasteiger partial charge is 0.0683 e. The maximum atomic E-state index is 5.67. The highest BCUT2D eigenvalue weighted by Gasteiger charge is 2.41. The highest BCUT2D eigenvalue weighted by Crippen LogP contribution is 2.32. The fourth-order valence-electron chi connectivity index (χ4n) is 2.10. The Morgan fingerprint density at radius 1 is 1.64 bits per heavy atom. The Balaban J connectivity index is 1.96. The Hall–Kier alpha value is 0.650. The molecule has 2 aliphatic heterocycles. The molecule has 2 saturated heterocycles. The number of nitrogens with one attached hydrogen (secondary N) is 1. The van der Waals surface area contributed by atoms with Crippen molar-refractivity contribution in [2.24, 2.45) is 0 Å². The van der Waals surface area contributed by atoms with Crippen molar-refractivity contribution in [2.45, 2.75) is 30.9 Å². The molecule has 2 aliphatic rings. The Morgan fingerprint density at radius 3 is 3.09 bits per heavy atom. The molecule has 3 heteroatoms. The Morgan fingerprint density at radius 2 is 2.55 bits per heavy atom. The van der Waals surface area contributed by atoms with Gasteiger partial charge in [0.2, 0.25) is 0 Å². The molecule has 0 saturated carbocycles. The molecule has 2 unspecified atom stereocenters. The molecule has 11 heavy (non-hydrogen) atoms. The van der Waals surface area contributed by atoms with E-state index >= 15 is 0 Å². The van der Waals surface area contributed by atoms with E-state index in [1.165, 1.54) is 25.8 Å². The summed E-state index contributed by atoms with van der Waals surface area (Å²) >= 11 is 2.41. The van der Waals surface area contributed by atoms with E-state index in [0.29, 0.717) is 11.6 Å². The molecule has 0 aliphatic carbocycles. The molecule has 0 radical (unpaired) electrons. The van der Waals surface area contributed by atoms with Crippen molar-refractivity contribution in [3.63, 3.8) is 0 Å². The van der Waals surface area contributed by atoms with E-state index in [4.69, 9.17) is 4.74 Å². The SMILES string of the molecule is ICC1CC2(CCCN2)CO1. The fourth-order valence-corrected chi connectivity index (χ4v) is 2.66. The van der Waals surface area contributed by atoms with Gasteiger partial charge in [-0.05, 0) is 25.8 Å². The minimum absolute atomic E-state index is 0.385. The summed E-state index contributed by atoms with van der Waals surface area (Å²) < 4.78 is 6.81. The number of hydrogen-bond donors (Lipinski definition) is 1. The first-order valence-corrected chi connectivity index (χ1v) is 5.80. The minimum Gasteiger partial charge on any atom is -0.375 e. The van der Waals surface area contributed by atoms with Gasteiger partial charge in [0, 0.05) is 9.97 Å². The van der Waals surface area contributed by atoms with Gasteiger partial charge in [0.05, 0.1) is 12.7 Å². The van der Waals surface area contributed by atoms with Crippen molar-refractivity contribution in [3.8, 4) is 0 Å². The fraction of sp³-hybridized carbons (Fsp3) is 1.00. The first-order valence-electron chi connectivity index (χ1n) is 4.27. The monoisotopic (exact) mass is 267 g/mol. The van der Waals surface area contributed by atoms with Crippen LogP contribution >= 0.6 is 22.6 Å². The lowest BCUT2D eigenvalue weighted by Crippen LogP contribution is -2.40. The number of rotatable bonds is 1. The minimum atomic E-state index is 0.385. The summed E-state index contributed by atoms with van der Waals surface area (Å²) in [5.74, 6) is 0. The molecule has 0 aromatic heterocycles. The second-order valence-electron chi connectivity index (χ2n) is 3.60. The predicted octanol–water partition coefficient (Wildman–Crippen LogP) is 1.33. The molecule has 2 rings (SSSR count). The van der Waals surface area contributed by atoms with Gasteiger partial charge in [-0.3, -0.25) is 0 Å². The van der Waals surface area contributed by atoms with Gasteiger partial charge in [-0.1, -0.05) is 22.6 Å². The van der Waals surface area contributed by atoms with Crippen LogP contribution in [0.4, 0.5) is 0 Å². The van der Waals surface area contributed by atoms with E-state index in [1.807, 2.05) is 0 Å². The summed E-state index contributed by atoms with van der Waals surface area (Å²) in [7, 11) is 0. The Bertz CT molecular complexity index is 145. The zero-order valence-electron chi connectivity index (χ0n) is 6.61. The lowest BCUT2D eigenvalue weighted by atomic mass is 9.95. The zero-order valence-corrected chi connectivity index (χ0v) is 8.76. The van der Waals surface area contributed by atoms with Crippen LogP contribution in [0.15, 0.2) is 0 Å². The van der Waals surface area contributed by atoms with E-state index in [9.17, 15) is 0 Å². The maximum absolute atomic E-state index is 5.67. The van der Waals surface area contributed by atoms with Crippen molar-refractivity contribution in [1.82, 2.24) is 5.32 Å². The summed E-state index contributed by atoms with van der Waals surface area (Å²) in [6.45, 7) is 2.14. The topological polar surface area (TPSA) is 21.3 Å². The van der Waals surface area contributed by atoms with Crippen LogP contribution in [-0.4, -0.2) is 29.2 Å². The van der Waals surface area contributed by atoms with Crippen molar-refractivity contribution >= 4 is 22.6 Å². The van der Waals surface area contributed by atoms with Crippen LogP contribution in [-0.2, 0) is 4.74 Å². The van der Waals surface area contributed by atoms with E-state index in [0.717, 1.165) is 11.0 Å². The molecule has 0 aromatic rings. The molecular weight excluding hydrogens is 253 g/mol. The normalized spacial score (nSPS) is 43.9. The first-order chi connectivity index (χ1) is 5.35. The van der Waals surface area contributed by atoms with Gasteiger partial charge in [0.25, 0.3) is 0 Å². The maximum Gasteiger partial charge on any atom is 0.0683 e. The molecule has 1 N–H and O–H groups in total. The third-order valence-corrected chi connectivity index (χ3v) is 3.70. The van der Waals surface area contributed by atoms with Crippen LogP contribution in [0.3, 0.4) is 0 Å². The van der Waals surface area contributed by atoms with Crippen LogP contribution < -0.4 is 5.32 Å². The first kappa shape index (κ1) is 8.26. The molecule has 2 fully saturated rings. The number of hydrogen-bond acceptors (Lipinski definition) is 2. The highest BCUT2D eigenvalue weighted by molar-refractivity contribution is 14.1. The molecule has 0 aromatic carbocycles. The lowest BCUT2D eigenvalue weighted by molar-refractivity contribution is 0.119. The molecule has 0 amide bonds. The van der Waals surface area contributed by atoms with E-state index in [-0.39, 0.29) is 0 Å². The van der Waals surface area contributed by atoms with Crippen LogP contribution in [0.5, 0.6) is 0 Å². The molecule has 0 bridgehead atoms. The number of halogens is 1. The van der Waals surface area contributed by atoms with Gasteiger partial charge in [-0.15, -0.1) is 0 Å². The summed E-state index contributed by atoms with van der Waals surface area (Å²) in [6.07, 6.45) is 4.40. The Labute approximate surface area is 81.2 Å². The summed E-state index contributed by atoms with van der Waals surface area (Å²) in [4.78, 5) is 0. The van der Waals surface area contributed by atoms with Gasteiger partial charge in [0.15, 0.2) is 0 Å². The van der Waals surface area contributed by atoms with Crippen LogP contribution in [0.1, 0.15) is 19.3 Å². The third kappa shape index (κ3) is 1.55. The molecular formula is C8H14INO. The summed E-state index contributed by atoms with van der Waals surface area (Å²) in [6, 6.07) is 0. The van der Waals surface area contributed by atoms with Gasteiger partial charge in [-0.2, -0.15) is 0 Å². The summed E-state index contributed by atoms with van der Waals surface area (Å²) in [5.41, 5.74) is 0.385. The predicted molar refractivity (Wildman–Crippen MR) is 53.2 cm³/mol. The average Bonchev–Trinajstić information content (AvgIpc) is 2.62. The van der Waals surface area contributed by atoms with Crippen molar-refractivity contribution in [2.75, 3.05) is 17.6 Å². The largest absolute Gasteiger partial charge is 0.375 e. The Kier molecular flexibility index (Phi) is 2.39. The second-order valence-corrected chi connectivity index (χ2v) is 4.48. The average molecular weight is 267 g/mol. The molecule has 2 nitrogen and oxygen atoms in total. The van der Waals surface area contributed by atoms with Crippen molar-refractivity contribution in [1.29, 1.82) is 0 Å². The molecule has 2 atom stereocenters. The number of ether oxygens (including phenoxy) is 1. The number of alkyl halides is 1. The van der Waals surface area contributed by atoms with Gasteiger partial charge < -0.3 is 10.1 Å². The second kappa shape index (κ2) is 3.18. The van der Waals surface area contributed by atoms with E-state index in [1.54, 1.807) is 0 Å². The standard InChI is InChI=1S/C8H14INO/c9-5-7-4-8(6-11-7)2-1-3-10-8/h7,10H,1-6H2.